The lowest BCUT2D eigenvalue weighted by molar-refractivity contribution is 0.0421. The van der Waals surface area contributed by atoms with Crippen molar-refractivity contribution in [3.05, 3.63) is 66.7 Å². The lowest BCUT2D eigenvalue weighted by Gasteiger charge is -2.24. The second kappa shape index (κ2) is 5.48. The second-order valence-electron chi connectivity index (χ2n) is 6.34. The highest BCUT2D eigenvalue weighted by molar-refractivity contribution is 7.25. The summed E-state index contributed by atoms with van der Waals surface area (Å²) in [6.45, 7) is 2.42. The Bertz CT molecular complexity index is 954. The molecule has 1 N–H and O–H groups in total. The van der Waals surface area contributed by atoms with Crippen LogP contribution in [0.25, 0.3) is 20.2 Å². The average Bonchev–Trinajstić information content (AvgIpc) is 3.13. The van der Waals surface area contributed by atoms with E-state index in [1.54, 1.807) is 12.5 Å². The van der Waals surface area contributed by atoms with Gasteiger partial charge in [0.05, 0.1) is 18.5 Å². The van der Waals surface area contributed by atoms with E-state index in [1.165, 1.54) is 20.2 Å². The summed E-state index contributed by atoms with van der Waals surface area (Å²) in [7, 11) is 0. The predicted octanol–water partition coefficient (Wildman–Crippen LogP) is 4.24. The summed E-state index contributed by atoms with van der Waals surface area (Å²) in [4.78, 5) is 4.03. The molecule has 0 radical (unpaired) electrons. The van der Waals surface area contributed by atoms with Gasteiger partial charge < -0.3 is 9.67 Å². The number of hydrogen-bond donors (Lipinski definition) is 1. The van der Waals surface area contributed by atoms with Gasteiger partial charge in [-0.2, -0.15) is 0 Å². The standard InChI is InChI=1S/C19H18N2OS/c1-19(22,12-21-9-8-20-13-21)11-14-6-7-18-16(10-14)15-4-2-3-5-17(15)23-18/h2-10,13,22H,11-12H2,1H3. The molecule has 1 unspecified atom stereocenters. The molecule has 116 valence electrons. The molecule has 4 rings (SSSR count). The zero-order valence-electron chi connectivity index (χ0n) is 12.9. The Morgan fingerprint density at radius 3 is 2.78 bits per heavy atom. The summed E-state index contributed by atoms with van der Waals surface area (Å²) in [5, 5.41) is 13.3. The van der Waals surface area contributed by atoms with E-state index in [1.807, 2.05) is 29.0 Å². The molecular formula is C19H18N2OS. The maximum absolute atomic E-state index is 10.7. The van der Waals surface area contributed by atoms with Crippen molar-refractivity contribution in [1.82, 2.24) is 9.55 Å². The quantitative estimate of drug-likeness (QED) is 0.610. The molecule has 23 heavy (non-hydrogen) atoms. The normalized spacial score (nSPS) is 14.3. The van der Waals surface area contributed by atoms with Gasteiger partial charge in [0, 0.05) is 39.0 Å². The molecule has 1 atom stereocenters. The molecule has 0 aliphatic heterocycles. The van der Waals surface area contributed by atoms with Crippen molar-refractivity contribution in [1.29, 1.82) is 0 Å². The van der Waals surface area contributed by atoms with Crippen LogP contribution in [0.2, 0.25) is 0 Å². The number of fused-ring (bicyclic) bond motifs is 3. The lowest BCUT2D eigenvalue weighted by Crippen LogP contribution is -2.32. The highest BCUT2D eigenvalue weighted by atomic mass is 32.1. The monoisotopic (exact) mass is 322 g/mol. The number of aromatic nitrogens is 2. The highest BCUT2D eigenvalue weighted by Gasteiger charge is 2.22. The van der Waals surface area contributed by atoms with Gasteiger partial charge in [0.2, 0.25) is 0 Å². The molecule has 0 amide bonds. The molecule has 0 fully saturated rings. The third kappa shape index (κ3) is 2.87. The fourth-order valence-electron chi connectivity index (χ4n) is 3.15. The molecule has 2 heterocycles. The predicted molar refractivity (Wildman–Crippen MR) is 95.9 cm³/mol. The van der Waals surface area contributed by atoms with Gasteiger partial charge in [-0.1, -0.05) is 24.3 Å². The Morgan fingerprint density at radius 2 is 1.96 bits per heavy atom. The number of thiophene rings is 1. The summed E-state index contributed by atoms with van der Waals surface area (Å²) < 4.78 is 4.52. The molecule has 0 saturated carbocycles. The van der Waals surface area contributed by atoms with E-state index in [0.29, 0.717) is 13.0 Å². The van der Waals surface area contributed by atoms with Crippen LogP contribution in [0.5, 0.6) is 0 Å². The van der Waals surface area contributed by atoms with Gasteiger partial charge in [-0.3, -0.25) is 0 Å². The third-order valence-electron chi connectivity index (χ3n) is 4.11. The first-order valence-electron chi connectivity index (χ1n) is 7.69. The smallest absolute Gasteiger partial charge is 0.0946 e. The van der Waals surface area contributed by atoms with Gasteiger partial charge in [0.25, 0.3) is 0 Å². The Balaban J connectivity index is 1.67. The van der Waals surface area contributed by atoms with E-state index in [4.69, 9.17) is 0 Å². The molecular weight excluding hydrogens is 304 g/mol. The number of hydrogen-bond acceptors (Lipinski definition) is 3. The minimum atomic E-state index is -0.805. The van der Waals surface area contributed by atoms with Crippen LogP contribution < -0.4 is 0 Å². The van der Waals surface area contributed by atoms with Crippen LogP contribution in [-0.2, 0) is 13.0 Å². The van der Waals surface area contributed by atoms with Crippen LogP contribution in [0, 0.1) is 0 Å². The molecule has 2 aromatic carbocycles. The van der Waals surface area contributed by atoms with Crippen LogP contribution in [-0.4, -0.2) is 20.3 Å². The molecule has 2 aromatic heterocycles. The van der Waals surface area contributed by atoms with Crippen molar-refractivity contribution < 1.29 is 5.11 Å². The van der Waals surface area contributed by atoms with E-state index in [0.717, 1.165) is 5.56 Å². The van der Waals surface area contributed by atoms with Crippen molar-refractivity contribution in [3.8, 4) is 0 Å². The minimum Gasteiger partial charge on any atom is -0.388 e. The molecule has 4 aromatic rings. The van der Waals surface area contributed by atoms with Gasteiger partial charge >= 0.3 is 0 Å². The fourth-order valence-corrected chi connectivity index (χ4v) is 4.24. The van der Waals surface area contributed by atoms with Gasteiger partial charge in [0.1, 0.15) is 0 Å². The Hall–Kier alpha value is -2.17. The van der Waals surface area contributed by atoms with Crippen molar-refractivity contribution in [3.63, 3.8) is 0 Å². The van der Waals surface area contributed by atoms with Gasteiger partial charge in [-0.05, 0) is 30.7 Å². The number of nitrogens with zero attached hydrogens (tertiary/aromatic N) is 2. The van der Waals surface area contributed by atoms with Crippen LogP contribution in [0.3, 0.4) is 0 Å². The Kier molecular flexibility index (Phi) is 3.43. The van der Waals surface area contributed by atoms with Crippen molar-refractivity contribution in [2.75, 3.05) is 0 Å². The maximum atomic E-state index is 10.7. The van der Waals surface area contributed by atoms with Crippen LogP contribution in [0.15, 0.2) is 61.2 Å². The molecule has 4 heteroatoms. The fraction of sp³-hybridized carbons (Fsp3) is 0.211. The van der Waals surface area contributed by atoms with E-state index in [2.05, 4.69) is 47.4 Å². The van der Waals surface area contributed by atoms with E-state index < -0.39 is 5.60 Å². The molecule has 0 bridgehead atoms. The van der Waals surface area contributed by atoms with Gasteiger partial charge in [-0.25, -0.2) is 4.98 Å². The van der Waals surface area contributed by atoms with Crippen LogP contribution in [0.4, 0.5) is 0 Å². The van der Waals surface area contributed by atoms with Crippen molar-refractivity contribution in [2.45, 2.75) is 25.5 Å². The SMILES string of the molecule is CC(O)(Cc1ccc2sc3ccccc3c2c1)Cn1ccnc1. The molecule has 0 aliphatic rings. The summed E-state index contributed by atoms with van der Waals surface area (Å²) in [5.74, 6) is 0. The molecule has 3 nitrogen and oxygen atoms in total. The third-order valence-corrected chi connectivity index (χ3v) is 5.26. The maximum Gasteiger partial charge on any atom is 0.0946 e. The zero-order chi connectivity index (χ0) is 15.9. The second-order valence-corrected chi connectivity index (χ2v) is 7.42. The largest absolute Gasteiger partial charge is 0.388 e. The molecule has 0 aliphatic carbocycles. The van der Waals surface area contributed by atoms with Gasteiger partial charge in [-0.15, -0.1) is 11.3 Å². The number of aliphatic hydroxyl groups is 1. The molecule has 0 saturated heterocycles. The van der Waals surface area contributed by atoms with E-state index in [-0.39, 0.29) is 0 Å². The number of imidazole rings is 1. The van der Waals surface area contributed by atoms with Gasteiger partial charge in [0.15, 0.2) is 0 Å². The first-order chi connectivity index (χ1) is 11.1. The van der Waals surface area contributed by atoms with E-state index >= 15 is 0 Å². The number of benzene rings is 2. The summed E-state index contributed by atoms with van der Waals surface area (Å²) in [5.41, 5.74) is 0.353. The Labute approximate surface area is 138 Å². The van der Waals surface area contributed by atoms with Crippen molar-refractivity contribution in [2.24, 2.45) is 0 Å². The average molecular weight is 322 g/mol. The molecule has 0 spiro atoms. The lowest BCUT2D eigenvalue weighted by atomic mass is 9.95. The summed E-state index contributed by atoms with van der Waals surface area (Å²) in [6, 6.07) is 15.0. The Morgan fingerprint density at radius 1 is 1.13 bits per heavy atom. The van der Waals surface area contributed by atoms with Crippen LogP contribution >= 0.6 is 11.3 Å². The van der Waals surface area contributed by atoms with Crippen molar-refractivity contribution >= 4 is 31.5 Å². The first-order valence-corrected chi connectivity index (χ1v) is 8.51. The summed E-state index contributed by atoms with van der Waals surface area (Å²) in [6.07, 6.45) is 5.97. The first kappa shape index (κ1) is 14.4. The zero-order valence-corrected chi connectivity index (χ0v) is 13.8. The summed E-state index contributed by atoms with van der Waals surface area (Å²) >= 11 is 1.82. The minimum absolute atomic E-state index is 0.537. The van der Waals surface area contributed by atoms with E-state index in [9.17, 15) is 5.11 Å². The topological polar surface area (TPSA) is 38.0 Å². The highest BCUT2D eigenvalue weighted by Crippen LogP contribution is 2.34. The number of rotatable bonds is 4. The van der Waals surface area contributed by atoms with Crippen LogP contribution in [0.1, 0.15) is 12.5 Å².